The zero-order chi connectivity index (χ0) is 14.8. The number of aromatic nitrogens is 2. The number of nitrogens with one attached hydrogen (secondary N) is 1. The highest BCUT2D eigenvalue weighted by Crippen LogP contribution is 2.24. The second kappa shape index (κ2) is 5.38. The van der Waals surface area contributed by atoms with Gasteiger partial charge in [-0.1, -0.05) is 23.7 Å². The Labute approximate surface area is 125 Å². The highest BCUT2D eigenvalue weighted by Gasteiger charge is 2.13. The fraction of sp³-hybridized carbons (Fsp3) is 0. The smallest absolute Gasteiger partial charge is 0.257 e. The summed E-state index contributed by atoms with van der Waals surface area (Å²) < 4.78 is 0. The second-order valence-electron chi connectivity index (χ2n) is 4.45. The molecule has 1 aromatic carbocycles. The van der Waals surface area contributed by atoms with E-state index in [-0.39, 0.29) is 22.3 Å². The van der Waals surface area contributed by atoms with E-state index in [4.69, 9.17) is 17.3 Å². The van der Waals surface area contributed by atoms with E-state index in [1.165, 1.54) is 12.3 Å². The van der Waals surface area contributed by atoms with Crippen LogP contribution in [0.1, 0.15) is 10.4 Å². The van der Waals surface area contributed by atoms with E-state index in [2.05, 4.69) is 15.3 Å². The molecule has 6 heteroatoms. The molecular weight excluding hydrogens is 288 g/mol. The van der Waals surface area contributed by atoms with Crippen molar-refractivity contribution in [3.05, 3.63) is 59.5 Å². The van der Waals surface area contributed by atoms with Gasteiger partial charge in [-0.15, -0.1) is 0 Å². The largest absolute Gasteiger partial charge is 0.384 e. The maximum atomic E-state index is 12.3. The number of rotatable bonds is 2. The molecule has 0 aliphatic carbocycles. The van der Waals surface area contributed by atoms with Crippen LogP contribution in [0.25, 0.3) is 10.8 Å². The van der Waals surface area contributed by atoms with Gasteiger partial charge in [0, 0.05) is 35.1 Å². The molecule has 104 valence electrons. The first-order valence-corrected chi connectivity index (χ1v) is 6.58. The van der Waals surface area contributed by atoms with Crippen molar-refractivity contribution in [1.82, 2.24) is 9.97 Å². The molecule has 3 rings (SSSR count). The van der Waals surface area contributed by atoms with E-state index in [1.54, 1.807) is 12.4 Å². The topological polar surface area (TPSA) is 80.9 Å². The molecule has 0 saturated heterocycles. The summed E-state index contributed by atoms with van der Waals surface area (Å²) in [7, 11) is 0. The van der Waals surface area contributed by atoms with Crippen LogP contribution in [0.2, 0.25) is 5.02 Å². The summed E-state index contributed by atoms with van der Waals surface area (Å²) in [5.41, 5.74) is 6.56. The van der Waals surface area contributed by atoms with Crippen molar-refractivity contribution >= 4 is 39.8 Å². The van der Waals surface area contributed by atoms with E-state index in [1.807, 2.05) is 24.3 Å². The number of hydrogen-bond acceptors (Lipinski definition) is 4. The van der Waals surface area contributed by atoms with Gasteiger partial charge in [0.2, 0.25) is 0 Å². The van der Waals surface area contributed by atoms with E-state index < -0.39 is 0 Å². The molecule has 21 heavy (non-hydrogen) atoms. The molecule has 3 aromatic rings. The van der Waals surface area contributed by atoms with Crippen molar-refractivity contribution in [2.45, 2.75) is 0 Å². The summed E-state index contributed by atoms with van der Waals surface area (Å²) in [5, 5.41) is 4.93. The number of benzene rings is 1. The Balaban J connectivity index is 1.99. The van der Waals surface area contributed by atoms with Crippen LogP contribution < -0.4 is 11.1 Å². The van der Waals surface area contributed by atoms with E-state index in [0.717, 1.165) is 10.8 Å². The summed E-state index contributed by atoms with van der Waals surface area (Å²) in [5.74, 6) is -0.0925. The molecule has 0 spiro atoms. The number of carbonyl (C=O) groups excluding carboxylic acids is 1. The summed E-state index contributed by atoms with van der Waals surface area (Å²) >= 11 is 5.99. The van der Waals surface area contributed by atoms with Crippen LogP contribution in [0.3, 0.4) is 0 Å². The van der Waals surface area contributed by atoms with Gasteiger partial charge in [-0.05, 0) is 18.2 Å². The van der Waals surface area contributed by atoms with E-state index in [9.17, 15) is 4.79 Å². The molecule has 0 radical (unpaired) electrons. The minimum atomic E-state index is -0.335. The molecule has 0 fully saturated rings. The molecule has 2 heterocycles. The number of pyridine rings is 2. The van der Waals surface area contributed by atoms with Gasteiger partial charge in [-0.2, -0.15) is 0 Å². The molecule has 2 aromatic heterocycles. The molecule has 0 aliphatic rings. The average Bonchev–Trinajstić information content (AvgIpc) is 2.50. The lowest BCUT2D eigenvalue weighted by Crippen LogP contribution is -2.13. The Morgan fingerprint density at radius 3 is 2.95 bits per heavy atom. The molecule has 0 bridgehead atoms. The Morgan fingerprint density at radius 1 is 1.24 bits per heavy atom. The summed E-state index contributed by atoms with van der Waals surface area (Å²) in [6.07, 6.45) is 4.77. The first-order chi connectivity index (χ1) is 10.1. The van der Waals surface area contributed by atoms with Gasteiger partial charge in [0.15, 0.2) is 0 Å². The minimum absolute atomic E-state index is 0.242. The van der Waals surface area contributed by atoms with Gasteiger partial charge >= 0.3 is 0 Å². The predicted molar refractivity (Wildman–Crippen MR) is 83.4 cm³/mol. The van der Waals surface area contributed by atoms with Gasteiger partial charge in [-0.3, -0.25) is 9.78 Å². The van der Waals surface area contributed by atoms with E-state index in [0.29, 0.717) is 5.69 Å². The highest BCUT2D eigenvalue weighted by molar-refractivity contribution is 6.34. The molecule has 0 aliphatic heterocycles. The van der Waals surface area contributed by atoms with Crippen LogP contribution in [-0.4, -0.2) is 15.9 Å². The first-order valence-electron chi connectivity index (χ1n) is 6.20. The predicted octanol–water partition coefficient (Wildman–Crippen LogP) is 3.12. The maximum absolute atomic E-state index is 12.3. The highest BCUT2D eigenvalue weighted by atomic mass is 35.5. The fourth-order valence-corrected chi connectivity index (χ4v) is 2.24. The quantitative estimate of drug-likeness (QED) is 0.761. The van der Waals surface area contributed by atoms with Gasteiger partial charge in [0.1, 0.15) is 5.82 Å². The number of anilines is 2. The first kappa shape index (κ1) is 13.3. The standard InChI is InChI=1S/C15H11ClN4O/c16-12-8-19-14(17)6-11(12)15(21)20-13-3-1-2-9-7-18-5-4-10(9)13/h1-8H,(H2,17,19)(H,20,21). The van der Waals surface area contributed by atoms with Crippen LogP contribution in [0.15, 0.2) is 48.9 Å². The van der Waals surface area contributed by atoms with Crippen molar-refractivity contribution in [1.29, 1.82) is 0 Å². The Kier molecular flexibility index (Phi) is 3.41. The number of nitrogens with zero attached hydrogens (tertiary/aromatic N) is 2. The zero-order valence-corrected chi connectivity index (χ0v) is 11.6. The van der Waals surface area contributed by atoms with Gasteiger partial charge in [-0.25, -0.2) is 4.98 Å². The number of amides is 1. The lowest BCUT2D eigenvalue weighted by Gasteiger charge is -2.09. The minimum Gasteiger partial charge on any atom is -0.384 e. The summed E-state index contributed by atoms with van der Waals surface area (Å²) in [6.45, 7) is 0. The normalized spacial score (nSPS) is 10.5. The van der Waals surface area contributed by atoms with Gasteiger partial charge in [0.05, 0.1) is 10.6 Å². The van der Waals surface area contributed by atoms with Gasteiger partial charge < -0.3 is 11.1 Å². The maximum Gasteiger partial charge on any atom is 0.257 e. The molecule has 3 N–H and O–H groups in total. The third-order valence-corrected chi connectivity index (χ3v) is 3.35. The number of fused-ring (bicyclic) bond motifs is 1. The molecule has 0 saturated carbocycles. The zero-order valence-electron chi connectivity index (χ0n) is 10.9. The van der Waals surface area contributed by atoms with Crippen molar-refractivity contribution in [3.8, 4) is 0 Å². The number of hydrogen-bond donors (Lipinski definition) is 2. The number of carbonyl (C=O) groups is 1. The number of nitrogen functional groups attached to an aromatic ring is 1. The van der Waals surface area contributed by atoms with Crippen molar-refractivity contribution in [3.63, 3.8) is 0 Å². The average molecular weight is 299 g/mol. The Hall–Kier alpha value is -2.66. The van der Waals surface area contributed by atoms with Crippen LogP contribution >= 0.6 is 11.6 Å². The molecule has 1 amide bonds. The van der Waals surface area contributed by atoms with Gasteiger partial charge in [0.25, 0.3) is 5.91 Å². The van der Waals surface area contributed by atoms with E-state index >= 15 is 0 Å². The van der Waals surface area contributed by atoms with Crippen molar-refractivity contribution in [2.75, 3.05) is 11.1 Å². The molecule has 0 atom stereocenters. The van der Waals surface area contributed by atoms with Crippen molar-refractivity contribution < 1.29 is 4.79 Å². The Morgan fingerprint density at radius 2 is 2.10 bits per heavy atom. The Bertz CT molecular complexity index is 830. The third kappa shape index (κ3) is 2.64. The van der Waals surface area contributed by atoms with Crippen molar-refractivity contribution in [2.24, 2.45) is 0 Å². The third-order valence-electron chi connectivity index (χ3n) is 3.05. The van der Waals surface area contributed by atoms with Crippen LogP contribution in [0, 0.1) is 0 Å². The number of halogens is 1. The lowest BCUT2D eigenvalue weighted by molar-refractivity contribution is 0.102. The monoisotopic (exact) mass is 298 g/mol. The molecule has 5 nitrogen and oxygen atoms in total. The summed E-state index contributed by atoms with van der Waals surface area (Å²) in [6, 6.07) is 8.88. The van der Waals surface area contributed by atoms with Crippen LogP contribution in [0.4, 0.5) is 11.5 Å². The second-order valence-corrected chi connectivity index (χ2v) is 4.85. The number of nitrogens with two attached hydrogens (primary N) is 1. The molecular formula is C15H11ClN4O. The lowest BCUT2D eigenvalue weighted by atomic mass is 10.1. The fourth-order valence-electron chi connectivity index (χ4n) is 2.05. The SMILES string of the molecule is Nc1cc(C(=O)Nc2cccc3cnccc23)c(Cl)cn1. The summed E-state index contributed by atoms with van der Waals surface area (Å²) in [4.78, 5) is 20.2. The van der Waals surface area contributed by atoms with Crippen LogP contribution in [0.5, 0.6) is 0 Å². The molecule has 0 unspecified atom stereocenters. The van der Waals surface area contributed by atoms with Crippen LogP contribution in [-0.2, 0) is 0 Å².